The number of amides is 2. The van der Waals surface area contributed by atoms with Crippen LogP contribution in [0.1, 0.15) is 21.6 Å². The number of pyridine rings is 1. The lowest BCUT2D eigenvalue weighted by molar-refractivity contribution is 0.102. The number of nitrogens with one attached hydrogen (secondary N) is 2. The number of nitrogen functional groups attached to an aromatic ring is 1. The topological polar surface area (TPSA) is 132 Å². The second kappa shape index (κ2) is 11.9. The molecular formula is C26H23BrN6O3. The zero-order valence-corrected chi connectivity index (χ0v) is 20.7. The summed E-state index contributed by atoms with van der Waals surface area (Å²) in [6, 6.07) is 18.8. The van der Waals surface area contributed by atoms with Crippen LogP contribution in [-0.4, -0.2) is 33.5 Å². The third-order valence-corrected chi connectivity index (χ3v) is 5.87. The Balaban J connectivity index is 1.33. The first kappa shape index (κ1) is 24.8. The van der Waals surface area contributed by atoms with Gasteiger partial charge in [-0.2, -0.15) is 0 Å². The summed E-state index contributed by atoms with van der Waals surface area (Å²) in [6.07, 6.45) is 4.81. The number of carbonyl (C=O) groups excluding carboxylic acids is 2. The molecule has 0 spiro atoms. The number of hydrogen-bond acceptors (Lipinski definition) is 7. The molecule has 0 saturated heterocycles. The van der Waals surface area contributed by atoms with E-state index < -0.39 is 12.0 Å². The number of nitrogens with zero attached hydrogens (tertiary/aromatic N) is 3. The first-order valence-corrected chi connectivity index (χ1v) is 11.9. The molecule has 2 amide bonds. The number of benzene rings is 2. The zero-order chi connectivity index (χ0) is 25.3. The highest BCUT2D eigenvalue weighted by molar-refractivity contribution is 9.10. The maximum absolute atomic E-state index is 12.7. The molecule has 0 bridgehead atoms. The average Bonchev–Trinajstić information content (AvgIpc) is 2.90. The molecule has 182 valence electrons. The number of carbonyl (C=O) groups is 2. The Morgan fingerprint density at radius 2 is 1.75 bits per heavy atom. The number of hydrogen-bond donors (Lipinski definition) is 3. The van der Waals surface area contributed by atoms with Gasteiger partial charge in [-0.1, -0.05) is 54.6 Å². The van der Waals surface area contributed by atoms with Crippen LogP contribution in [0.3, 0.4) is 0 Å². The fraction of sp³-hybridized carbons (Fsp3) is 0.115. The standard InChI is InChI=1S/C26H23BrN6O3/c27-20-11-12-29-14-22(20)33-25(34)23-24(28)31-15-21(32-23)19-8-6-17(7-9-19)10-13-30-26(35)36-16-18-4-2-1-3-5-18/h1-9,11-12,14-15H,10,13,16H2,(H2,28,31)(H,30,35)(H,33,34). The normalized spacial score (nSPS) is 10.5. The molecule has 2 aromatic heterocycles. The van der Waals surface area contributed by atoms with Gasteiger partial charge in [0.05, 0.1) is 23.8 Å². The van der Waals surface area contributed by atoms with Gasteiger partial charge in [0, 0.05) is 22.8 Å². The molecule has 9 nitrogen and oxygen atoms in total. The average molecular weight is 547 g/mol. The number of rotatable bonds is 8. The molecule has 0 unspecified atom stereocenters. The van der Waals surface area contributed by atoms with E-state index in [0.29, 0.717) is 28.8 Å². The molecule has 4 aromatic rings. The molecule has 10 heteroatoms. The second-order valence-corrected chi connectivity index (χ2v) is 8.59. The van der Waals surface area contributed by atoms with Gasteiger partial charge in [0.1, 0.15) is 6.61 Å². The maximum Gasteiger partial charge on any atom is 0.407 e. The molecule has 2 heterocycles. The van der Waals surface area contributed by atoms with Crippen molar-refractivity contribution in [2.24, 2.45) is 0 Å². The molecule has 0 saturated carbocycles. The van der Waals surface area contributed by atoms with Crippen LogP contribution in [0.4, 0.5) is 16.3 Å². The van der Waals surface area contributed by atoms with E-state index in [2.05, 4.69) is 41.5 Å². The van der Waals surface area contributed by atoms with Gasteiger partial charge in [-0.05, 0) is 39.5 Å². The molecule has 2 aromatic carbocycles. The zero-order valence-electron chi connectivity index (χ0n) is 19.1. The molecule has 0 fully saturated rings. The Kier molecular flexibility index (Phi) is 8.20. The summed E-state index contributed by atoms with van der Waals surface area (Å²) in [5, 5.41) is 5.48. The van der Waals surface area contributed by atoms with Crippen molar-refractivity contribution in [3.63, 3.8) is 0 Å². The number of ether oxygens (including phenoxy) is 1. The fourth-order valence-corrected chi connectivity index (χ4v) is 3.60. The first-order chi connectivity index (χ1) is 17.5. The van der Waals surface area contributed by atoms with Gasteiger partial charge < -0.3 is 21.1 Å². The monoisotopic (exact) mass is 546 g/mol. The van der Waals surface area contributed by atoms with E-state index in [-0.39, 0.29) is 18.1 Å². The van der Waals surface area contributed by atoms with Gasteiger partial charge in [0.15, 0.2) is 11.5 Å². The number of anilines is 2. The van der Waals surface area contributed by atoms with Crippen molar-refractivity contribution in [3.05, 3.63) is 101 Å². The van der Waals surface area contributed by atoms with Crippen LogP contribution in [0.2, 0.25) is 0 Å². The molecule has 0 aliphatic carbocycles. The van der Waals surface area contributed by atoms with Crippen molar-refractivity contribution < 1.29 is 14.3 Å². The lowest BCUT2D eigenvalue weighted by Gasteiger charge is -2.10. The largest absolute Gasteiger partial charge is 0.445 e. The summed E-state index contributed by atoms with van der Waals surface area (Å²) in [7, 11) is 0. The van der Waals surface area contributed by atoms with Crippen LogP contribution < -0.4 is 16.4 Å². The van der Waals surface area contributed by atoms with Crippen molar-refractivity contribution >= 4 is 39.4 Å². The molecule has 0 radical (unpaired) electrons. The number of aromatic nitrogens is 3. The lowest BCUT2D eigenvalue weighted by Crippen LogP contribution is -2.26. The summed E-state index contributed by atoms with van der Waals surface area (Å²) >= 11 is 3.36. The molecule has 36 heavy (non-hydrogen) atoms. The maximum atomic E-state index is 12.7. The third kappa shape index (κ3) is 6.63. The number of halogens is 1. The highest BCUT2D eigenvalue weighted by atomic mass is 79.9. The third-order valence-electron chi connectivity index (χ3n) is 5.18. The second-order valence-electron chi connectivity index (χ2n) is 7.73. The lowest BCUT2D eigenvalue weighted by atomic mass is 10.1. The minimum Gasteiger partial charge on any atom is -0.445 e. The number of alkyl carbamates (subject to hydrolysis) is 1. The van der Waals surface area contributed by atoms with Crippen molar-refractivity contribution in [1.29, 1.82) is 0 Å². The van der Waals surface area contributed by atoms with Gasteiger partial charge in [-0.3, -0.25) is 9.78 Å². The van der Waals surface area contributed by atoms with Crippen molar-refractivity contribution in [2.75, 3.05) is 17.6 Å². The van der Waals surface area contributed by atoms with E-state index in [1.54, 1.807) is 12.3 Å². The van der Waals surface area contributed by atoms with Crippen molar-refractivity contribution in [1.82, 2.24) is 20.3 Å². The van der Waals surface area contributed by atoms with Gasteiger partial charge in [0.2, 0.25) is 0 Å². The van der Waals surface area contributed by atoms with E-state index in [4.69, 9.17) is 10.5 Å². The highest BCUT2D eigenvalue weighted by Crippen LogP contribution is 2.23. The Morgan fingerprint density at radius 1 is 0.972 bits per heavy atom. The molecule has 0 atom stereocenters. The van der Waals surface area contributed by atoms with E-state index in [9.17, 15) is 9.59 Å². The predicted molar refractivity (Wildman–Crippen MR) is 140 cm³/mol. The van der Waals surface area contributed by atoms with Gasteiger partial charge in [0.25, 0.3) is 5.91 Å². The number of nitrogens with two attached hydrogens (primary N) is 1. The van der Waals surface area contributed by atoms with Crippen LogP contribution >= 0.6 is 15.9 Å². The van der Waals surface area contributed by atoms with Crippen LogP contribution in [-0.2, 0) is 17.8 Å². The van der Waals surface area contributed by atoms with Crippen LogP contribution in [0.15, 0.2) is 83.7 Å². The van der Waals surface area contributed by atoms with Gasteiger partial charge in [-0.25, -0.2) is 14.8 Å². The molecule has 4 N–H and O–H groups in total. The van der Waals surface area contributed by atoms with Crippen molar-refractivity contribution in [2.45, 2.75) is 13.0 Å². The van der Waals surface area contributed by atoms with E-state index in [1.165, 1.54) is 12.4 Å². The van der Waals surface area contributed by atoms with Crippen LogP contribution in [0.5, 0.6) is 0 Å². The molecular weight excluding hydrogens is 524 g/mol. The highest BCUT2D eigenvalue weighted by Gasteiger charge is 2.16. The quantitative estimate of drug-likeness (QED) is 0.294. The van der Waals surface area contributed by atoms with Crippen LogP contribution in [0.25, 0.3) is 11.3 Å². The fourth-order valence-electron chi connectivity index (χ4n) is 3.28. The molecule has 0 aliphatic rings. The minimum absolute atomic E-state index is 0.0190. The van der Waals surface area contributed by atoms with E-state index >= 15 is 0 Å². The Hall–Kier alpha value is -4.31. The first-order valence-electron chi connectivity index (χ1n) is 11.1. The smallest absolute Gasteiger partial charge is 0.407 e. The Labute approximate surface area is 216 Å². The van der Waals surface area contributed by atoms with Crippen LogP contribution in [0, 0.1) is 0 Å². The molecule has 0 aliphatic heterocycles. The summed E-state index contributed by atoms with van der Waals surface area (Å²) in [4.78, 5) is 37.2. The predicted octanol–water partition coefficient (Wildman–Crippen LogP) is 4.60. The Morgan fingerprint density at radius 3 is 2.50 bits per heavy atom. The molecule has 4 rings (SSSR count). The van der Waals surface area contributed by atoms with Gasteiger partial charge >= 0.3 is 6.09 Å². The summed E-state index contributed by atoms with van der Waals surface area (Å²) in [5.41, 5.74) is 9.66. The van der Waals surface area contributed by atoms with Crippen molar-refractivity contribution in [3.8, 4) is 11.3 Å². The van der Waals surface area contributed by atoms with E-state index in [1.807, 2.05) is 54.6 Å². The SMILES string of the molecule is Nc1ncc(-c2ccc(CCNC(=O)OCc3ccccc3)cc2)nc1C(=O)Nc1cnccc1Br. The summed E-state index contributed by atoms with van der Waals surface area (Å²) < 4.78 is 5.90. The minimum atomic E-state index is -0.489. The summed E-state index contributed by atoms with van der Waals surface area (Å²) in [5.74, 6) is -0.462. The van der Waals surface area contributed by atoms with Gasteiger partial charge in [-0.15, -0.1) is 0 Å². The Bertz CT molecular complexity index is 1350. The summed E-state index contributed by atoms with van der Waals surface area (Å²) in [6.45, 7) is 0.659. The van der Waals surface area contributed by atoms with E-state index in [0.717, 1.165) is 16.7 Å².